The predicted molar refractivity (Wildman–Crippen MR) is 93.6 cm³/mol. The van der Waals surface area contributed by atoms with Gasteiger partial charge in [-0.05, 0) is 43.1 Å². The summed E-state index contributed by atoms with van der Waals surface area (Å²) in [6.07, 6.45) is 2.49. The van der Waals surface area contributed by atoms with Crippen LogP contribution in [0.15, 0.2) is 12.1 Å². The van der Waals surface area contributed by atoms with Crippen LogP contribution >= 0.6 is 0 Å². The van der Waals surface area contributed by atoms with Gasteiger partial charge in [0.2, 0.25) is 0 Å². The molecule has 0 atom stereocenters. The van der Waals surface area contributed by atoms with Crippen LogP contribution in [0.3, 0.4) is 0 Å². The zero-order chi connectivity index (χ0) is 16.4. The Morgan fingerprint density at radius 3 is 2.32 bits per heavy atom. The molecule has 0 bridgehead atoms. The third-order valence-electron chi connectivity index (χ3n) is 4.94. The van der Waals surface area contributed by atoms with Crippen molar-refractivity contribution in [3.8, 4) is 0 Å². The molecule has 0 spiro atoms. The lowest BCUT2D eigenvalue weighted by Gasteiger charge is -2.36. The molecule has 1 aliphatic rings. The number of nitrogens with zero attached hydrogens (tertiary/aromatic N) is 2. The number of aliphatic hydroxyl groups excluding tert-OH is 1. The summed E-state index contributed by atoms with van der Waals surface area (Å²) in [6, 6.07) is 4.12. The van der Waals surface area contributed by atoms with Gasteiger partial charge < -0.3 is 14.4 Å². The molecule has 1 aliphatic heterocycles. The minimum Gasteiger partial charge on any atom is -0.411 e. The van der Waals surface area contributed by atoms with E-state index < -0.39 is 8.32 Å². The van der Waals surface area contributed by atoms with E-state index in [2.05, 4.69) is 49.8 Å². The van der Waals surface area contributed by atoms with Crippen molar-refractivity contribution in [2.45, 2.75) is 65.0 Å². The van der Waals surface area contributed by atoms with E-state index in [4.69, 9.17) is 4.43 Å². The first-order valence-corrected chi connectivity index (χ1v) is 11.1. The van der Waals surface area contributed by atoms with Gasteiger partial charge in [-0.2, -0.15) is 0 Å². The highest BCUT2D eigenvalue weighted by Crippen LogP contribution is 2.37. The third-order valence-corrected chi connectivity index (χ3v) is 9.41. The van der Waals surface area contributed by atoms with E-state index in [1.54, 1.807) is 0 Å². The highest BCUT2D eigenvalue weighted by atomic mass is 28.4. The van der Waals surface area contributed by atoms with Gasteiger partial charge in [0.25, 0.3) is 0 Å². The van der Waals surface area contributed by atoms with Crippen LogP contribution < -0.4 is 4.90 Å². The lowest BCUT2D eigenvalue weighted by Crippen LogP contribution is -2.40. The van der Waals surface area contributed by atoms with Crippen molar-refractivity contribution in [2.24, 2.45) is 0 Å². The van der Waals surface area contributed by atoms with E-state index in [0.29, 0.717) is 6.61 Å². The van der Waals surface area contributed by atoms with Gasteiger partial charge in [-0.25, -0.2) is 0 Å². The highest BCUT2D eigenvalue weighted by Gasteiger charge is 2.37. The molecule has 0 amide bonds. The van der Waals surface area contributed by atoms with E-state index >= 15 is 0 Å². The van der Waals surface area contributed by atoms with Gasteiger partial charge in [0.15, 0.2) is 8.32 Å². The largest absolute Gasteiger partial charge is 0.411 e. The average molecular weight is 323 g/mol. The lowest BCUT2D eigenvalue weighted by atomic mass is 10.2. The van der Waals surface area contributed by atoms with Gasteiger partial charge in [0.1, 0.15) is 0 Å². The van der Waals surface area contributed by atoms with Crippen LogP contribution in [0.5, 0.6) is 0 Å². The number of aromatic nitrogens is 1. The van der Waals surface area contributed by atoms with Crippen LogP contribution in [0.1, 0.15) is 45.0 Å². The molecule has 0 aliphatic carbocycles. The molecule has 1 aromatic rings. The molecular weight excluding hydrogens is 292 g/mol. The molecule has 0 radical (unpaired) electrons. The molecule has 22 heavy (non-hydrogen) atoms. The summed E-state index contributed by atoms with van der Waals surface area (Å²) in [5.41, 5.74) is 2.84. The Labute approximate surface area is 135 Å². The first-order valence-electron chi connectivity index (χ1n) is 8.22. The van der Waals surface area contributed by atoms with Crippen molar-refractivity contribution in [3.05, 3.63) is 23.5 Å². The Balaban J connectivity index is 2.15. The minimum atomic E-state index is -1.78. The van der Waals surface area contributed by atoms with Gasteiger partial charge in [-0.15, -0.1) is 0 Å². The lowest BCUT2D eigenvalue weighted by molar-refractivity contribution is 0.264. The predicted octanol–water partition coefficient (Wildman–Crippen LogP) is 3.70. The Kier molecular flexibility index (Phi) is 5.30. The molecule has 1 N–H and O–H groups in total. The van der Waals surface area contributed by atoms with E-state index in [1.807, 2.05) is 6.07 Å². The fraction of sp³-hybridized carbons (Fsp3) is 0.706. The maximum Gasteiger partial charge on any atom is 0.192 e. The van der Waals surface area contributed by atoms with Gasteiger partial charge in [0, 0.05) is 18.8 Å². The summed E-state index contributed by atoms with van der Waals surface area (Å²) < 4.78 is 6.27. The maximum absolute atomic E-state index is 9.47. The molecule has 124 valence electrons. The molecular formula is C17H30N2O2Si. The van der Waals surface area contributed by atoms with Crippen LogP contribution in [0, 0.1) is 0 Å². The summed E-state index contributed by atoms with van der Waals surface area (Å²) in [4.78, 5) is 6.90. The molecule has 4 nitrogen and oxygen atoms in total. The monoisotopic (exact) mass is 322 g/mol. The van der Waals surface area contributed by atoms with Crippen molar-refractivity contribution < 1.29 is 9.53 Å². The van der Waals surface area contributed by atoms with Crippen LogP contribution in [-0.2, 0) is 17.6 Å². The number of rotatable bonds is 5. The Hall–Kier alpha value is -0.913. The second-order valence-electron chi connectivity index (χ2n) is 7.71. The van der Waals surface area contributed by atoms with E-state index in [0.717, 1.165) is 24.5 Å². The molecule has 1 saturated heterocycles. The fourth-order valence-corrected chi connectivity index (χ4v) is 3.36. The molecule has 0 aromatic carbocycles. The van der Waals surface area contributed by atoms with Crippen molar-refractivity contribution in [1.82, 2.24) is 4.98 Å². The van der Waals surface area contributed by atoms with E-state index in [-0.39, 0.29) is 11.6 Å². The topological polar surface area (TPSA) is 45.6 Å². The Bertz CT molecular complexity index is 506. The smallest absolute Gasteiger partial charge is 0.192 e. The summed E-state index contributed by atoms with van der Waals surface area (Å²) >= 11 is 0. The van der Waals surface area contributed by atoms with Crippen LogP contribution in [0.2, 0.25) is 18.1 Å². The second-order valence-corrected chi connectivity index (χ2v) is 12.5. The summed E-state index contributed by atoms with van der Waals surface area (Å²) in [7, 11) is -1.78. The number of aliphatic hydroxyl groups is 1. The first kappa shape index (κ1) is 17.4. The zero-order valence-corrected chi connectivity index (χ0v) is 15.6. The Morgan fingerprint density at radius 2 is 1.77 bits per heavy atom. The van der Waals surface area contributed by atoms with Gasteiger partial charge in [-0.3, -0.25) is 4.98 Å². The maximum atomic E-state index is 9.47. The summed E-state index contributed by atoms with van der Waals surface area (Å²) in [5, 5.41) is 9.67. The minimum absolute atomic E-state index is 0.0191. The standard InChI is InChI=1S/C17H30N2O2Si/c1-17(2,3)22(4,5)21-13-15-11-16(10-14(12-20)18-15)19-8-6-7-9-19/h10-11,20H,6-9,12-13H2,1-5H3. The van der Waals surface area contributed by atoms with Crippen molar-refractivity contribution in [2.75, 3.05) is 18.0 Å². The van der Waals surface area contributed by atoms with Crippen molar-refractivity contribution >= 4 is 14.0 Å². The normalized spacial score (nSPS) is 16.4. The number of hydrogen-bond donors (Lipinski definition) is 1. The molecule has 1 aromatic heterocycles. The van der Waals surface area contributed by atoms with Gasteiger partial charge in [0.05, 0.1) is 24.6 Å². The van der Waals surface area contributed by atoms with Crippen LogP contribution in [0.25, 0.3) is 0 Å². The van der Waals surface area contributed by atoms with E-state index in [1.165, 1.54) is 18.5 Å². The number of hydrogen-bond acceptors (Lipinski definition) is 4. The van der Waals surface area contributed by atoms with Crippen LogP contribution in [0.4, 0.5) is 5.69 Å². The molecule has 2 rings (SSSR count). The van der Waals surface area contributed by atoms with E-state index in [9.17, 15) is 5.11 Å². The number of anilines is 1. The van der Waals surface area contributed by atoms with Gasteiger partial charge in [-0.1, -0.05) is 20.8 Å². The van der Waals surface area contributed by atoms with Crippen molar-refractivity contribution in [3.63, 3.8) is 0 Å². The SMILES string of the molecule is CC(C)(C)[Si](C)(C)OCc1cc(N2CCCC2)cc(CO)n1. The molecule has 0 saturated carbocycles. The molecule has 0 unspecified atom stereocenters. The average Bonchev–Trinajstić information content (AvgIpc) is 2.98. The molecule has 1 fully saturated rings. The summed E-state index contributed by atoms with van der Waals surface area (Å²) in [6.45, 7) is 13.9. The Morgan fingerprint density at radius 1 is 1.18 bits per heavy atom. The second kappa shape index (κ2) is 6.68. The zero-order valence-electron chi connectivity index (χ0n) is 14.6. The molecule has 5 heteroatoms. The fourth-order valence-electron chi connectivity index (χ4n) is 2.42. The third kappa shape index (κ3) is 4.09. The highest BCUT2D eigenvalue weighted by molar-refractivity contribution is 6.74. The molecule has 2 heterocycles. The summed E-state index contributed by atoms with van der Waals surface area (Å²) in [5.74, 6) is 0. The quantitative estimate of drug-likeness (QED) is 0.840. The number of pyridine rings is 1. The van der Waals surface area contributed by atoms with Gasteiger partial charge >= 0.3 is 0 Å². The first-order chi connectivity index (χ1) is 10.2. The van der Waals surface area contributed by atoms with Crippen molar-refractivity contribution in [1.29, 1.82) is 0 Å². The van der Waals surface area contributed by atoms with Crippen LogP contribution in [-0.4, -0.2) is 31.5 Å².